The number of aliphatic carboxylic acids is 1. The molecule has 0 saturated heterocycles. The molecule has 1 heterocycles. The first-order valence-corrected chi connectivity index (χ1v) is 6.09. The van der Waals surface area contributed by atoms with Crippen LogP contribution in [0.3, 0.4) is 0 Å². The van der Waals surface area contributed by atoms with Crippen LogP contribution in [0, 0.1) is 0 Å². The number of nitrogens with zero attached hydrogens (tertiary/aromatic N) is 1. The van der Waals surface area contributed by atoms with E-state index < -0.39 is 5.97 Å². The lowest BCUT2D eigenvalue weighted by Crippen LogP contribution is -2.25. The number of pyridine rings is 1. The van der Waals surface area contributed by atoms with Crippen molar-refractivity contribution in [1.82, 2.24) is 10.3 Å². The third kappa shape index (κ3) is 6.40. The quantitative estimate of drug-likeness (QED) is 0.733. The van der Waals surface area contributed by atoms with Gasteiger partial charge in [0.25, 0.3) is 0 Å². The molecule has 0 fully saturated rings. The summed E-state index contributed by atoms with van der Waals surface area (Å²) in [4.78, 5) is 25.7. The number of ether oxygens (including phenoxy) is 1. The van der Waals surface area contributed by atoms with Gasteiger partial charge in [0, 0.05) is 31.6 Å². The molecule has 0 spiro atoms. The summed E-state index contributed by atoms with van der Waals surface area (Å²) in [5, 5.41) is 11.2. The second kappa shape index (κ2) is 8.07. The van der Waals surface area contributed by atoms with Gasteiger partial charge in [-0.1, -0.05) is 6.07 Å². The molecule has 0 radical (unpaired) electrons. The summed E-state index contributed by atoms with van der Waals surface area (Å²) >= 11 is 0. The molecule has 6 nitrogen and oxygen atoms in total. The number of carboxylic acids is 1. The fourth-order valence-electron chi connectivity index (χ4n) is 1.51. The molecule has 0 saturated carbocycles. The average molecular weight is 266 g/mol. The molecule has 6 heteroatoms. The lowest BCUT2D eigenvalue weighted by molar-refractivity contribution is -0.137. The van der Waals surface area contributed by atoms with Gasteiger partial charge >= 0.3 is 5.97 Å². The Morgan fingerprint density at radius 2 is 2.16 bits per heavy atom. The molecule has 1 rings (SSSR count). The van der Waals surface area contributed by atoms with Crippen LogP contribution >= 0.6 is 0 Å². The molecule has 1 aromatic heterocycles. The first-order chi connectivity index (χ1) is 9.11. The second-order valence-electron chi connectivity index (χ2n) is 4.06. The largest absolute Gasteiger partial charge is 0.481 e. The number of amides is 1. The van der Waals surface area contributed by atoms with Crippen LogP contribution in [0.2, 0.25) is 0 Å². The number of aromatic nitrogens is 1. The summed E-state index contributed by atoms with van der Waals surface area (Å²) in [6.45, 7) is 0.514. The Morgan fingerprint density at radius 3 is 2.74 bits per heavy atom. The Morgan fingerprint density at radius 1 is 1.37 bits per heavy atom. The number of rotatable bonds is 8. The van der Waals surface area contributed by atoms with Crippen LogP contribution in [0.15, 0.2) is 18.3 Å². The minimum absolute atomic E-state index is 0.0236. The topological polar surface area (TPSA) is 88.5 Å². The van der Waals surface area contributed by atoms with Crippen LogP contribution in [0.5, 0.6) is 5.88 Å². The molecule has 19 heavy (non-hydrogen) atoms. The Hall–Kier alpha value is -2.11. The maximum absolute atomic E-state index is 11.4. The van der Waals surface area contributed by atoms with Crippen molar-refractivity contribution in [3.63, 3.8) is 0 Å². The van der Waals surface area contributed by atoms with Crippen molar-refractivity contribution in [1.29, 1.82) is 0 Å². The summed E-state index contributed by atoms with van der Waals surface area (Å²) in [6.07, 6.45) is 3.02. The zero-order valence-electron chi connectivity index (χ0n) is 10.9. The van der Waals surface area contributed by atoms with Gasteiger partial charge in [0.05, 0.1) is 7.11 Å². The molecule has 1 amide bonds. The minimum atomic E-state index is -0.878. The molecule has 0 unspecified atom stereocenters. The van der Waals surface area contributed by atoms with Gasteiger partial charge in [0.1, 0.15) is 0 Å². The Balaban J connectivity index is 2.18. The van der Waals surface area contributed by atoms with E-state index >= 15 is 0 Å². The second-order valence-corrected chi connectivity index (χ2v) is 4.06. The van der Waals surface area contributed by atoms with E-state index in [0.717, 1.165) is 5.56 Å². The van der Waals surface area contributed by atoms with Crippen LogP contribution in [0.1, 0.15) is 24.8 Å². The molecular weight excluding hydrogens is 248 g/mol. The molecule has 2 N–H and O–H groups in total. The zero-order chi connectivity index (χ0) is 14.1. The molecular formula is C13H18N2O4. The molecule has 104 valence electrons. The van der Waals surface area contributed by atoms with Crippen molar-refractivity contribution >= 4 is 11.9 Å². The highest BCUT2D eigenvalue weighted by Crippen LogP contribution is 2.06. The van der Waals surface area contributed by atoms with Gasteiger partial charge in [-0.25, -0.2) is 4.98 Å². The van der Waals surface area contributed by atoms with E-state index in [1.54, 1.807) is 19.4 Å². The Labute approximate surface area is 111 Å². The van der Waals surface area contributed by atoms with E-state index in [4.69, 9.17) is 9.84 Å². The number of nitrogens with one attached hydrogen (secondary N) is 1. The molecule has 0 aliphatic heterocycles. The van der Waals surface area contributed by atoms with Gasteiger partial charge in [-0.3, -0.25) is 9.59 Å². The molecule has 0 aliphatic rings. The number of carboxylic acid groups (broad SMARTS) is 1. The summed E-state index contributed by atoms with van der Waals surface area (Å²) in [5.41, 5.74) is 1.01. The van der Waals surface area contributed by atoms with Gasteiger partial charge in [-0.05, 0) is 18.4 Å². The van der Waals surface area contributed by atoms with Crippen molar-refractivity contribution in [2.75, 3.05) is 13.7 Å². The van der Waals surface area contributed by atoms with Crippen molar-refractivity contribution in [2.24, 2.45) is 0 Å². The number of carbonyl (C=O) groups is 2. The fraction of sp³-hybridized carbons (Fsp3) is 0.462. The van der Waals surface area contributed by atoms with E-state index in [1.807, 2.05) is 6.07 Å². The van der Waals surface area contributed by atoms with E-state index in [2.05, 4.69) is 10.3 Å². The number of hydrogen-bond acceptors (Lipinski definition) is 4. The smallest absolute Gasteiger partial charge is 0.303 e. The zero-order valence-corrected chi connectivity index (χ0v) is 10.9. The highest BCUT2D eigenvalue weighted by molar-refractivity contribution is 5.76. The number of methoxy groups -OCH3 is 1. The standard InChI is InChI=1S/C13H18N2O4/c1-19-12-6-5-10(9-15-12)7-8-14-11(16)3-2-4-13(17)18/h5-6,9H,2-4,7-8H2,1H3,(H,14,16)(H,17,18). The Bertz CT molecular complexity index is 417. The molecule has 0 bridgehead atoms. The van der Waals surface area contributed by atoms with Crippen LogP contribution in [0.4, 0.5) is 0 Å². The average Bonchev–Trinajstić information content (AvgIpc) is 2.39. The normalized spacial score (nSPS) is 9.95. The van der Waals surface area contributed by atoms with Crippen molar-refractivity contribution in [3.8, 4) is 5.88 Å². The van der Waals surface area contributed by atoms with Crippen molar-refractivity contribution in [2.45, 2.75) is 25.7 Å². The maximum Gasteiger partial charge on any atom is 0.303 e. The van der Waals surface area contributed by atoms with Crippen molar-refractivity contribution < 1.29 is 19.4 Å². The van der Waals surface area contributed by atoms with E-state index in [1.165, 1.54) is 0 Å². The Kier molecular flexibility index (Phi) is 6.35. The minimum Gasteiger partial charge on any atom is -0.481 e. The predicted octanol–water partition coefficient (Wildman–Crippen LogP) is 1.00. The lowest BCUT2D eigenvalue weighted by atomic mass is 10.2. The monoisotopic (exact) mass is 266 g/mol. The third-order valence-electron chi connectivity index (χ3n) is 2.54. The van der Waals surface area contributed by atoms with Crippen LogP contribution in [-0.4, -0.2) is 35.6 Å². The summed E-state index contributed by atoms with van der Waals surface area (Å²) in [5.74, 6) is -0.443. The van der Waals surface area contributed by atoms with E-state index in [9.17, 15) is 9.59 Å². The summed E-state index contributed by atoms with van der Waals surface area (Å²) in [7, 11) is 1.55. The third-order valence-corrected chi connectivity index (χ3v) is 2.54. The fourth-order valence-corrected chi connectivity index (χ4v) is 1.51. The number of hydrogen-bond donors (Lipinski definition) is 2. The lowest BCUT2D eigenvalue weighted by Gasteiger charge is -2.05. The highest BCUT2D eigenvalue weighted by atomic mass is 16.5. The van der Waals surface area contributed by atoms with Crippen LogP contribution in [-0.2, 0) is 16.0 Å². The summed E-state index contributed by atoms with van der Waals surface area (Å²) < 4.78 is 4.95. The molecule has 0 atom stereocenters. The van der Waals surface area contributed by atoms with Gasteiger partial charge in [0.2, 0.25) is 11.8 Å². The van der Waals surface area contributed by atoms with Crippen molar-refractivity contribution in [3.05, 3.63) is 23.9 Å². The summed E-state index contributed by atoms with van der Waals surface area (Å²) in [6, 6.07) is 3.66. The van der Waals surface area contributed by atoms with Crippen LogP contribution < -0.4 is 10.1 Å². The van der Waals surface area contributed by atoms with Gasteiger partial charge < -0.3 is 15.2 Å². The molecule has 1 aromatic rings. The SMILES string of the molecule is COc1ccc(CCNC(=O)CCCC(=O)O)cn1. The molecule has 0 aromatic carbocycles. The maximum atomic E-state index is 11.4. The highest BCUT2D eigenvalue weighted by Gasteiger charge is 2.03. The first kappa shape index (κ1) is 14.9. The van der Waals surface area contributed by atoms with Crippen LogP contribution in [0.25, 0.3) is 0 Å². The van der Waals surface area contributed by atoms with E-state index in [0.29, 0.717) is 25.3 Å². The number of carbonyl (C=O) groups excluding carboxylic acids is 1. The van der Waals surface area contributed by atoms with Gasteiger partial charge in [0.15, 0.2) is 0 Å². The van der Waals surface area contributed by atoms with E-state index in [-0.39, 0.29) is 18.7 Å². The van der Waals surface area contributed by atoms with Gasteiger partial charge in [-0.15, -0.1) is 0 Å². The predicted molar refractivity (Wildman–Crippen MR) is 69.0 cm³/mol. The molecule has 0 aliphatic carbocycles. The van der Waals surface area contributed by atoms with Gasteiger partial charge in [-0.2, -0.15) is 0 Å². The first-order valence-electron chi connectivity index (χ1n) is 6.09.